The summed E-state index contributed by atoms with van der Waals surface area (Å²) < 4.78 is 5.27. The number of amides is 3. The highest BCUT2D eigenvalue weighted by Crippen LogP contribution is 2.30. The van der Waals surface area contributed by atoms with Gasteiger partial charge in [-0.05, 0) is 31.4 Å². The third-order valence-corrected chi connectivity index (χ3v) is 4.40. The summed E-state index contributed by atoms with van der Waals surface area (Å²) in [5.74, 6) is 0.817. The van der Waals surface area contributed by atoms with Crippen molar-refractivity contribution in [3.05, 3.63) is 41.8 Å². The summed E-state index contributed by atoms with van der Waals surface area (Å²) in [6, 6.07) is 3.45. The number of carbonyl (C=O) groups excluding carboxylic acids is 2. The third kappa shape index (κ3) is 5.02. The van der Waals surface area contributed by atoms with Gasteiger partial charge in [0.2, 0.25) is 11.8 Å². The molecule has 0 radical (unpaired) electrons. The first kappa shape index (κ1) is 18.8. The van der Waals surface area contributed by atoms with Crippen molar-refractivity contribution in [1.29, 1.82) is 0 Å². The first-order chi connectivity index (χ1) is 13.2. The van der Waals surface area contributed by atoms with Gasteiger partial charge in [0.25, 0.3) is 0 Å². The second-order valence-corrected chi connectivity index (χ2v) is 6.37. The average Bonchev–Trinajstić information content (AvgIpc) is 3.35. The molecule has 0 aromatic carbocycles. The van der Waals surface area contributed by atoms with Crippen molar-refractivity contribution in [2.24, 2.45) is 0 Å². The van der Waals surface area contributed by atoms with E-state index in [-0.39, 0.29) is 24.4 Å². The first-order valence-electron chi connectivity index (χ1n) is 9.20. The Labute approximate surface area is 157 Å². The SMILES string of the molecule is CCNC(=O)N1CCCC1c1noc(CCC(=O)NCc2cccnc2)n1. The summed E-state index contributed by atoms with van der Waals surface area (Å²) in [4.78, 5) is 34.2. The zero-order valence-corrected chi connectivity index (χ0v) is 15.4. The van der Waals surface area contributed by atoms with Crippen LogP contribution in [0.3, 0.4) is 0 Å². The van der Waals surface area contributed by atoms with E-state index in [9.17, 15) is 9.59 Å². The summed E-state index contributed by atoms with van der Waals surface area (Å²) in [5.41, 5.74) is 0.942. The molecule has 0 saturated carbocycles. The van der Waals surface area contributed by atoms with Crippen LogP contribution < -0.4 is 10.6 Å². The Morgan fingerprint density at radius 1 is 1.37 bits per heavy atom. The van der Waals surface area contributed by atoms with Crippen molar-refractivity contribution < 1.29 is 14.1 Å². The molecule has 1 fully saturated rings. The maximum Gasteiger partial charge on any atom is 0.318 e. The van der Waals surface area contributed by atoms with Crippen LogP contribution in [0.25, 0.3) is 0 Å². The number of hydrogen-bond donors (Lipinski definition) is 2. The van der Waals surface area contributed by atoms with Crippen molar-refractivity contribution in [3.8, 4) is 0 Å². The van der Waals surface area contributed by atoms with Crippen LogP contribution >= 0.6 is 0 Å². The molecule has 144 valence electrons. The Kier molecular flexibility index (Phi) is 6.35. The predicted octanol–water partition coefficient (Wildman–Crippen LogP) is 1.58. The molecule has 1 saturated heterocycles. The molecule has 9 nitrogen and oxygen atoms in total. The maximum absolute atomic E-state index is 12.1. The van der Waals surface area contributed by atoms with Gasteiger partial charge in [0, 0.05) is 44.9 Å². The lowest BCUT2D eigenvalue weighted by Gasteiger charge is -2.22. The van der Waals surface area contributed by atoms with E-state index >= 15 is 0 Å². The molecule has 2 aromatic rings. The Hall–Kier alpha value is -2.97. The first-order valence-corrected chi connectivity index (χ1v) is 9.20. The number of nitrogens with zero attached hydrogens (tertiary/aromatic N) is 4. The molecule has 0 aliphatic carbocycles. The minimum Gasteiger partial charge on any atom is -0.352 e. The van der Waals surface area contributed by atoms with E-state index in [1.165, 1.54) is 0 Å². The van der Waals surface area contributed by atoms with Crippen molar-refractivity contribution in [2.75, 3.05) is 13.1 Å². The van der Waals surface area contributed by atoms with Crippen LogP contribution in [-0.2, 0) is 17.8 Å². The molecule has 9 heteroatoms. The minimum absolute atomic E-state index is 0.0941. The lowest BCUT2D eigenvalue weighted by Crippen LogP contribution is -2.39. The van der Waals surface area contributed by atoms with Gasteiger partial charge in [-0.1, -0.05) is 11.2 Å². The van der Waals surface area contributed by atoms with Crippen molar-refractivity contribution >= 4 is 11.9 Å². The fraction of sp³-hybridized carbons (Fsp3) is 0.500. The second-order valence-electron chi connectivity index (χ2n) is 6.37. The molecule has 3 rings (SSSR count). The molecular formula is C18H24N6O3. The highest BCUT2D eigenvalue weighted by atomic mass is 16.5. The number of carbonyl (C=O) groups is 2. The largest absolute Gasteiger partial charge is 0.352 e. The van der Waals surface area contributed by atoms with Gasteiger partial charge in [-0.25, -0.2) is 4.79 Å². The Morgan fingerprint density at radius 2 is 2.26 bits per heavy atom. The molecule has 0 spiro atoms. The number of aromatic nitrogens is 3. The Bertz CT molecular complexity index is 763. The zero-order chi connectivity index (χ0) is 19.1. The quantitative estimate of drug-likeness (QED) is 0.763. The second kappa shape index (κ2) is 9.11. The zero-order valence-electron chi connectivity index (χ0n) is 15.4. The summed E-state index contributed by atoms with van der Waals surface area (Å²) >= 11 is 0. The van der Waals surface area contributed by atoms with Gasteiger partial charge in [0.05, 0.1) is 6.04 Å². The van der Waals surface area contributed by atoms with Gasteiger partial charge in [-0.2, -0.15) is 4.98 Å². The molecule has 3 amide bonds. The van der Waals surface area contributed by atoms with E-state index in [0.717, 1.165) is 18.4 Å². The van der Waals surface area contributed by atoms with Crippen LogP contribution in [0, 0.1) is 0 Å². The molecular weight excluding hydrogens is 348 g/mol. The third-order valence-electron chi connectivity index (χ3n) is 4.40. The summed E-state index contributed by atoms with van der Waals surface area (Å²) in [5, 5.41) is 9.66. The number of urea groups is 1. The average molecular weight is 372 g/mol. The summed E-state index contributed by atoms with van der Waals surface area (Å²) in [6.45, 7) is 3.57. The normalized spacial score (nSPS) is 16.3. The van der Waals surface area contributed by atoms with E-state index < -0.39 is 0 Å². The van der Waals surface area contributed by atoms with Gasteiger partial charge in [0.15, 0.2) is 5.82 Å². The van der Waals surface area contributed by atoms with Crippen molar-refractivity contribution in [1.82, 2.24) is 30.7 Å². The van der Waals surface area contributed by atoms with Gasteiger partial charge < -0.3 is 20.1 Å². The number of pyridine rings is 1. The molecule has 2 N–H and O–H groups in total. The Balaban J connectivity index is 1.49. The highest BCUT2D eigenvalue weighted by molar-refractivity contribution is 5.76. The number of nitrogens with one attached hydrogen (secondary N) is 2. The minimum atomic E-state index is -0.173. The molecule has 27 heavy (non-hydrogen) atoms. The van der Waals surface area contributed by atoms with Crippen LogP contribution in [0.1, 0.15) is 49.5 Å². The van der Waals surface area contributed by atoms with Gasteiger partial charge >= 0.3 is 6.03 Å². The number of likely N-dealkylation sites (tertiary alicyclic amines) is 1. The molecule has 0 bridgehead atoms. The molecule has 3 heterocycles. The molecule has 1 unspecified atom stereocenters. The number of hydrogen-bond acceptors (Lipinski definition) is 6. The Morgan fingerprint density at radius 3 is 3.04 bits per heavy atom. The lowest BCUT2D eigenvalue weighted by molar-refractivity contribution is -0.121. The van der Waals surface area contributed by atoms with Crippen LogP contribution in [0.15, 0.2) is 29.0 Å². The fourth-order valence-electron chi connectivity index (χ4n) is 3.05. The van der Waals surface area contributed by atoms with Gasteiger partial charge in [0.1, 0.15) is 0 Å². The monoisotopic (exact) mass is 372 g/mol. The van der Waals surface area contributed by atoms with E-state index in [1.807, 2.05) is 19.1 Å². The summed E-state index contributed by atoms with van der Waals surface area (Å²) in [7, 11) is 0. The van der Waals surface area contributed by atoms with E-state index in [1.54, 1.807) is 17.3 Å². The van der Waals surface area contributed by atoms with Gasteiger partial charge in [-0.15, -0.1) is 0 Å². The molecule has 1 atom stereocenters. The van der Waals surface area contributed by atoms with Gasteiger partial charge in [-0.3, -0.25) is 9.78 Å². The number of aryl methyl sites for hydroxylation is 1. The molecule has 1 aliphatic rings. The summed E-state index contributed by atoms with van der Waals surface area (Å²) in [6.07, 6.45) is 5.74. The fourth-order valence-corrected chi connectivity index (χ4v) is 3.05. The standard InChI is InChI=1S/C18H24N6O3/c1-2-20-18(26)24-10-4-6-14(24)17-22-16(27-23-17)8-7-15(25)21-12-13-5-3-9-19-11-13/h3,5,9,11,14H,2,4,6-8,10,12H2,1H3,(H,20,26)(H,21,25). The van der Waals surface area contributed by atoms with Crippen molar-refractivity contribution in [2.45, 2.75) is 45.2 Å². The lowest BCUT2D eigenvalue weighted by atomic mass is 10.2. The van der Waals surface area contributed by atoms with Crippen molar-refractivity contribution in [3.63, 3.8) is 0 Å². The van der Waals surface area contributed by atoms with E-state index in [4.69, 9.17) is 4.52 Å². The molecule has 2 aromatic heterocycles. The van der Waals surface area contributed by atoms with Crippen LogP contribution in [0.4, 0.5) is 4.79 Å². The predicted molar refractivity (Wildman–Crippen MR) is 96.5 cm³/mol. The van der Waals surface area contributed by atoms with E-state index in [2.05, 4.69) is 25.8 Å². The highest BCUT2D eigenvalue weighted by Gasteiger charge is 2.33. The van der Waals surface area contributed by atoms with Crippen LogP contribution in [0.5, 0.6) is 0 Å². The topological polar surface area (TPSA) is 113 Å². The van der Waals surface area contributed by atoms with E-state index in [0.29, 0.717) is 37.8 Å². The molecule has 1 aliphatic heterocycles. The smallest absolute Gasteiger partial charge is 0.318 e. The maximum atomic E-state index is 12.1. The number of rotatable bonds is 7. The van der Waals surface area contributed by atoms with Crippen LogP contribution in [-0.4, -0.2) is 45.1 Å². The van der Waals surface area contributed by atoms with Crippen LogP contribution in [0.2, 0.25) is 0 Å².